The van der Waals surface area contributed by atoms with Crippen molar-refractivity contribution in [2.75, 3.05) is 12.4 Å². The van der Waals surface area contributed by atoms with E-state index in [0.717, 1.165) is 25.7 Å². The lowest BCUT2D eigenvalue weighted by Gasteiger charge is -2.22. The monoisotopic (exact) mass is 256 g/mol. The van der Waals surface area contributed by atoms with E-state index in [9.17, 15) is 5.11 Å². The number of aliphatic hydroxyl groups is 2. The molecule has 14 heavy (non-hydrogen) atoms. The summed E-state index contributed by atoms with van der Waals surface area (Å²) in [6.07, 6.45) is 2.98. The fraction of sp³-hybridized carbons (Fsp3) is 1.00. The first-order valence-electron chi connectivity index (χ1n) is 4.89. The first-order chi connectivity index (χ1) is 6.63. The summed E-state index contributed by atoms with van der Waals surface area (Å²) in [5.74, 6) is 0.616. The molecule has 0 fully saturated rings. The van der Waals surface area contributed by atoms with Crippen molar-refractivity contribution < 1.29 is 10.2 Å². The third-order valence-corrected chi connectivity index (χ3v) is 4.26. The van der Waals surface area contributed by atoms with Crippen molar-refractivity contribution in [3.63, 3.8) is 0 Å². The van der Waals surface area contributed by atoms with Gasteiger partial charge in [-0.15, -0.1) is 0 Å². The van der Waals surface area contributed by atoms with Crippen LogP contribution in [0, 0.1) is 0 Å². The number of hydrogen-bond donors (Lipinski definition) is 5. The molecular weight excluding hydrogens is 236 g/mol. The van der Waals surface area contributed by atoms with Gasteiger partial charge in [0.2, 0.25) is 0 Å². The predicted molar refractivity (Wildman–Crippen MR) is 71.0 cm³/mol. The molecule has 3 unspecified atom stereocenters. The van der Waals surface area contributed by atoms with Crippen molar-refractivity contribution in [3.05, 3.63) is 0 Å². The zero-order valence-corrected chi connectivity index (χ0v) is 10.9. The predicted octanol–water partition coefficient (Wildman–Crippen LogP) is 1.43. The largest absolute Gasteiger partial charge is 0.396 e. The highest BCUT2D eigenvalue weighted by Gasteiger charge is 2.20. The highest BCUT2D eigenvalue weighted by molar-refractivity contribution is 7.87. The maximum absolute atomic E-state index is 9.70. The van der Waals surface area contributed by atoms with Gasteiger partial charge in [-0.2, -0.15) is 37.9 Å². The quantitative estimate of drug-likeness (QED) is 0.337. The molecule has 0 aliphatic carbocycles. The maximum Gasteiger partial charge on any atom is 0.0667 e. The average molecular weight is 256 g/mol. The van der Waals surface area contributed by atoms with E-state index >= 15 is 0 Å². The summed E-state index contributed by atoms with van der Waals surface area (Å²) < 4.78 is 0. The smallest absolute Gasteiger partial charge is 0.0667 e. The minimum atomic E-state index is -0.424. The van der Waals surface area contributed by atoms with Crippen molar-refractivity contribution >= 4 is 37.9 Å². The Morgan fingerprint density at radius 1 is 1.07 bits per heavy atom. The molecule has 2 nitrogen and oxygen atoms in total. The SMILES string of the molecule is OCCCCCC(O)C(S)C(S)CS. The Hall–Kier alpha value is 0.970. The second-order valence-electron chi connectivity index (χ2n) is 3.38. The third-order valence-electron chi connectivity index (χ3n) is 2.13. The Kier molecular flexibility index (Phi) is 9.85. The van der Waals surface area contributed by atoms with Gasteiger partial charge in [-0.05, 0) is 12.8 Å². The van der Waals surface area contributed by atoms with Crippen LogP contribution in [0.5, 0.6) is 0 Å². The number of unbranched alkanes of at least 4 members (excludes halogenated alkanes) is 2. The number of rotatable bonds is 8. The molecule has 0 aromatic heterocycles. The molecule has 0 saturated carbocycles. The molecule has 86 valence electrons. The number of thiol groups is 3. The molecule has 3 atom stereocenters. The van der Waals surface area contributed by atoms with E-state index in [1.165, 1.54) is 0 Å². The van der Waals surface area contributed by atoms with Gasteiger partial charge in [0.1, 0.15) is 0 Å². The van der Waals surface area contributed by atoms with E-state index in [4.69, 9.17) is 5.11 Å². The molecule has 0 aromatic carbocycles. The molecule has 0 heterocycles. The minimum absolute atomic E-state index is 0.0227. The van der Waals surface area contributed by atoms with Gasteiger partial charge in [0, 0.05) is 22.9 Å². The van der Waals surface area contributed by atoms with Crippen LogP contribution in [0.1, 0.15) is 25.7 Å². The van der Waals surface area contributed by atoms with E-state index in [0.29, 0.717) is 5.75 Å². The van der Waals surface area contributed by atoms with E-state index in [1.807, 2.05) is 0 Å². The molecule has 0 amide bonds. The van der Waals surface area contributed by atoms with E-state index in [2.05, 4.69) is 37.9 Å². The Bertz CT molecular complexity index is 135. The van der Waals surface area contributed by atoms with Crippen LogP contribution in [0.2, 0.25) is 0 Å². The number of hydrogen-bond acceptors (Lipinski definition) is 5. The van der Waals surface area contributed by atoms with E-state index < -0.39 is 6.10 Å². The second kappa shape index (κ2) is 9.21. The van der Waals surface area contributed by atoms with Crippen LogP contribution in [0.3, 0.4) is 0 Å². The molecule has 0 radical (unpaired) electrons. The zero-order chi connectivity index (χ0) is 11.0. The van der Waals surface area contributed by atoms with Crippen molar-refractivity contribution in [2.45, 2.75) is 42.3 Å². The molecule has 0 aliphatic rings. The molecule has 5 heteroatoms. The van der Waals surface area contributed by atoms with Crippen molar-refractivity contribution in [3.8, 4) is 0 Å². The highest BCUT2D eigenvalue weighted by Crippen LogP contribution is 2.18. The summed E-state index contributed by atoms with van der Waals surface area (Å²) in [6, 6.07) is 0. The fourth-order valence-corrected chi connectivity index (χ4v) is 2.02. The van der Waals surface area contributed by atoms with Gasteiger partial charge in [-0.25, -0.2) is 0 Å². The molecule has 0 aliphatic heterocycles. The van der Waals surface area contributed by atoms with Crippen LogP contribution in [-0.2, 0) is 0 Å². The summed E-state index contributed by atoms with van der Waals surface area (Å²) in [7, 11) is 0. The zero-order valence-electron chi connectivity index (χ0n) is 8.21. The molecule has 2 N–H and O–H groups in total. The summed E-state index contributed by atoms with van der Waals surface area (Å²) in [4.78, 5) is 0. The van der Waals surface area contributed by atoms with Crippen LogP contribution in [0.15, 0.2) is 0 Å². The molecule has 0 spiro atoms. The molecule has 0 saturated heterocycles. The van der Waals surface area contributed by atoms with Crippen LogP contribution in [0.4, 0.5) is 0 Å². The average Bonchev–Trinajstić information content (AvgIpc) is 2.21. The molecule has 0 rings (SSSR count). The Balaban J connectivity index is 3.56. The van der Waals surface area contributed by atoms with Gasteiger partial charge in [0.15, 0.2) is 0 Å². The second-order valence-corrected chi connectivity index (χ2v) is 5.01. The fourth-order valence-electron chi connectivity index (χ4n) is 1.18. The molecule has 0 aromatic rings. The Morgan fingerprint density at radius 3 is 2.21 bits per heavy atom. The van der Waals surface area contributed by atoms with Crippen LogP contribution < -0.4 is 0 Å². The normalized spacial score (nSPS) is 17.8. The summed E-state index contributed by atoms with van der Waals surface area (Å²) in [5.41, 5.74) is 0. The van der Waals surface area contributed by atoms with Crippen molar-refractivity contribution in [1.82, 2.24) is 0 Å². The highest BCUT2D eigenvalue weighted by atomic mass is 32.1. The first-order valence-corrected chi connectivity index (χ1v) is 6.56. The topological polar surface area (TPSA) is 40.5 Å². The summed E-state index contributed by atoms with van der Waals surface area (Å²) in [6.45, 7) is 0.228. The minimum Gasteiger partial charge on any atom is -0.396 e. The van der Waals surface area contributed by atoms with Crippen molar-refractivity contribution in [1.29, 1.82) is 0 Å². The lowest BCUT2D eigenvalue weighted by atomic mass is 10.1. The lowest BCUT2D eigenvalue weighted by Crippen LogP contribution is -2.30. The van der Waals surface area contributed by atoms with Crippen LogP contribution >= 0.6 is 37.9 Å². The van der Waals surface area contributed by atoms with Gasteiger partial charge in [-0.1, -0.05) is 12.8 Å². The third kappa shape index (κ3) is 6.45. The van der Waals surface area contributed by atoms with Gasteiger partial charge in [-0.3, -0.25) is 0 Å². The van der Waals surface area contributed by atoms with Crippen molar-refractivity contribution in [2.24, 2.45) is 0 Å². The number of aliphatic hydroxyl groups excluding tert-OH is 2. The Labute approximate surface area is 103 Å². The Morgan fingerprint density at radius 2 is 1.71 bits per heavy atom. The van der Waals surface area contributed by atoms with E-state index in [1.54, 1.807) is 0 Å². The molecule has 0 bridgehead atoms. The van der Waals surface area contributed by atoms with Gasteiger partial charge < -0.3 is 10.2 Å². The summed E-state index contributed by atoms with van der Waals surface area (Å²) >= 11 is 12.7. The van der Waals surface area contributed by atoms with Crippen LogP contribution in [0.25, 0.3) is 0 Å². The lowest BCUT2D eigenvalue weighted by molar-refractivity contribution is 0.157. The van der Waals surface area contributed by atoms with E-state index in [-0.39, 0.29) is 17.1 Å². The molecular formula is C9H20O2S3. The van der Waals surface area contributed by atoms with Gasteiger partial charge in [0.05, 0.1) is 6.10 Å². The maximum atomic E-state index is 9.70. The standard InChI is InChI=1S/C9H20O2S3/c10-5-3-1-2-4-7(11)9(14)8(13)6-12/h7-14H,1-6H2. The van der Waals surface area contributed by atoms with Gasteiger partial charge in [0.25, 0.3) is 0 Å². The first kappa shape index (κ1) is 15.0. The van der Waals surface area contributed by atoms with Crippen LogP contribution in [-0.4, -0.2) is 39.2 Å². The summed E-state index contributed by atoms with van der Waals surface area (Å²) in [5, 5.41) is 18.2. The van der Waals surface area contributed by atoms with Gasteiger partial charge >= 0.3 is 0 Å².